The molecule has 2 aromatic heterocycles. The maximum atomic E-state index is 4.72. The molecule has 20 heavy (non-hydrogen) atoms. The summed E-state index contributed by atoms with van der Waals surface area (Å²) >= 11 is 0. The quantitative estimate of drug-likeness (QED) is 0.916. The Morgan fingerprint density at radius 1 is 1.35 bits per heavy atom. The van der Waals surface area contributed by atoms with Gasteiger partial charge >= 0.3 is 0 Å². The minimum absolute atomic E-state index is 0.694. The molecule has 104 valence electrons. The zero-order valence-electron chi connectivity index (χ0n) is 11.9. The second kappa shape index (κ2) is 5.63. The Labute approximate surface area is 118 Å². The molecular formula is C15H19N5. The standard InChI is InChI=1S/C15H19N5/c1-10-12-7-11(8-16-2)3-4-13(12)20-15(19-10)14-5-6-17-9-18-14/h5-6,9,11,16H,3-4,7-8H2,1-2H3. The van der Waals surface area contributed by atoms with Gasteiger partial charge in [-0.3, -0.25) is 0 Å². The predicted octanol–water partition coefficient (Wildman–Crippen LogP) is 1.57. The van der Waals surface area contributed by atoms with Crippen molar-refractivity contribution in [2.24, 2.45) is 5.92 Å². The topological polar surface area (TPSA) is 63.6 Å². The van der Waals surface area contributed by atoms with Gasteiger partial charge in [-0.1, -0.05) is 0 Å². The maximum absolute atomic E-state index is 4.72. The van der Waals surface area contributed by atoms with Crippen LogP contribution < -0.4 is 5.32 Å². The van der Waals surface area contributed by atoms with Gasteiger partial charge in [0.1, 0.15) is 12.0 Å². The smallest absolute Gasteiger partial charge is 0.178 e. The number of rotatable bonds is 3. The van der Waals surface area contributed by atoms with Crippen LogP contribution in [0.3, 0.4) is 0 Å². The van der Waals surface area contributed by atoms with Gasteiger partial charge in [-0.15, -0.1) is 0 Å². The van der Waals surface area contributed by atoms with Crippen molar-refractivity contribution < 1.29 is 0 Å². The van der Waals surface area contributed by atoms with Gasteiger partial charge in [-0.25, -0.2) is 19.9 Å². The van der Waals surface area contributed by atoms with Crippen molar-refractivity contribution in [1.82, 2.24) is 25.3 Å². The molecule has 0 fully saturated rings. The summed E-state index contributed by atoms with van der Waals surface area (Å²) in [7, 11) is 2.01. The van der Waals surface area contributed by atoms with Crippen LogP contribution in [0.2, 0.25) is 0 Å². The average molecular weight is 269 g/mol. The van der Waals surface area contributed by atoms with Crippen molar-refractivity contribution in [3.8, 4) is 11.5 Å². The molecular weight excluding hydrogens is 250 g/mol. The molecule has 0 bridgehead atoms. The second-order valence-corrected chi connectivity index (χ2v) is 5.32. The lowest BCUT2D eigenvalue weighted by atomic mass is 9.86. The van der Waals surface area contributed by atoms with Gasteiger partial charge in [0.15, 0.2) is 5.82 Å². The molecule has 1 N–H and O–H groups in total. The van der Waals surface area contributed by atoms with Gasteiger partial charge in [0.25, 0.3) is 0 Å². The summed E-state index contributed by atoms with van der Waals surface area (Å²) in [6.45, 7) is 3.14. The molecule has 0 aromatic carbocycles. The number of nitrogens with one attached hydrogen (secondary N) is 1. The Hall–Kier alpha value is -1.88. The van der Waals surface area contributed by atoms with Crippen LogP contribution in [-0.4, -0.2) is 33.5 Å². The largest absolute Gasteiger partial charge is 0.319 e. The Balaban J connectivity index is 1.94. The number of aromatic nitrogens is 4. The highest BCUT2D eigenvalue weighted by Gasteiger charge is 2.22. The van der Waals surface area contributed by atoms with E-state index in [1.165, 1.54) is 24.0 Å². The molecule has 2 heterocycles. The average Bonchev–Trinajstić information content (AvgIpc) is 2.49. The molecule has 0 amide bonds. The Morgan fingerprint density at radius 2 is 2.25 bits per heavy atom. The predicted molar refractivity (Wildman–Crippen MR) is 77.2 cm³/mol. The van der Waals surface area contributed by atoms with Crippen molar-refractivity contribution in [3.05, 3.63) is 35.5 Å². The van der Waals surface area contributed by atoms with Crippen molar-refractivity contribution in [3.63, 3.8) is 0 Å². The molecule has 2 aromatic rings. The van der Waals surface area contributed by atoms with E-state index >= 15 is 0 Å². The van der Waals surface area contributed by atoms with Crippen LogP contribution in [0.15, 0.2) is 18.6 Å². The molecule has 1 unspecified atom stereocenters. The van der Waals surface area contributed by atoms with Gasteiger partial charge in [0, 0.05) is 17.6 Å². The summed E-state index contributed by atoms with van der Waals surface area (Å²) in [4.78, 5) is 17.5. The van der Waals surface area contributed by atoms with Gasteiger partial charge in [-0.2, -0.15) is 0 Å². The normalized spacial score (nSPS) is 17.8. The molecule has 1 aliphatic rings. The third kappa shape index (κ3) is 2.54. The lowest BCUT2D eigenvalue weighted by Crippen LogP contribution is -2.26. The van der Waals surface area contributed by atoms with Crippen LogP contribution in [0.5, 0.6) is 0 Å². The Bertz CT molecular complexity index is 597. The van der Waals surface area contributed by atoms with E-state index in [4.69, 9.17) is 4.98 Å². The van der Waals surface area contributed by atoms with E-state index in [1.807, 2.05) is 13.1 Å². The summed E-state index contributed by atoms with van der Waals surface area (Å²) in [5, 5.41) is 3.27. The Morgan fingerprint density at radius 3 is 3.00 bits per heavy atom. The highest BCUT2D eigenvalue weighted by Crippen LogP contribution is 2.27. The molecule has 0 saturated carbocycles. The molecule has 0 aliphatic heterocycles. The fraction of sp³-hybridized carbons (Fsp3) is 0.467. The summed E-state index contributed by atoms with van der Waals surface area (Å²) in [5.41, 5.74) is 4.40. The van der Waals surface area contributed by atoms with Crippen molar-refractivity contribution in [1.29, 1.82) is 0 Å². The first-order valence-electron chi connectivity index (χ1n) is 7.05. The summed E-state index contributed by atoms with van der Waals surface area (Å²) in [5.74, 6) is 1.41. The van der Waals surface area contributed by atoms with Crippen molar-refractivity contribution in [2.45, 2.75) is 26.2 Å². The van der Waals surface area contributed by atoms with Gasteiger partial charge in [-0.05, 0) is 57.3 Å². The second-order valence-electron chi connectivity index (χ2n) is 5.32. The first-order chi connectivity index (χ1) is 9.78. The van der Waals surface area contributed by atoms with Crippen molar-refractivity contribution >= 4 is 0 Å². The van der Waals surface area contributed by atoms with Crippen LogP contribution >= 0.6 is 0 Å². The molecule has 1 atom stereocenters. The fourth-order valence-electron chi connectivity index (χ4n) is 2.86. The summed E-state index contributed by atoms with van der Waals surface area (Å²) in [6, 6.07) is 1.85. The Kier molecular flexibility index (Phi) is 3.69. The van der Waals surface area contributed by atoms with E-state index in [0.29, 0.717) is 5.92 Å². The number of fused-ring (bicyclic) bond motifs is 1. The van der Waals surface area contributed by atoms with Crippen LogP contribution in [-0.2, 0) is 12.8 Å². The number of hydrogen-bond donors (Lipinski definition) is 1. The van der Waals surface area contributed by atoms with Crippen LogP contribution in [0.4, 0.5) is 0 Å². The van der Waals surface area contributed by atoms with Gasteiger partial charge in [0.05, 0.1) is 0 Å². The third-order valence-corrected chi connectivity index (χ3v) is 3.89. The van der Waals surface area contributed by atoms with E-state index in [2.05, 4.69) is 27.2 Å². The highest BCUT2D eigenvalue weighted by atomic mass is 14.9. The van der Waals surface area contributed by atoms with E-state index < -0.39 is 0 Å². The molecule has 0 spiro atoms. The monoisotopic (exact) mass is 269 g/mol. The van der Waals surface area contributed by atoms with Crippen LogP contribution in [0, 0.1) is 12.8 Å². The van der Waals surface area contributed by atoms with Crippen LogP contribution in [0.1, 0.15) is 23.4 Å². The van der Waals surface area contributed by atoms with Crippen LogP contribution in [0.25, 0.3) is 11.5 Å². The summed E-state index contributed by atoms with van der Waals surface area (Å²) in [6.07, 6.45) is 6.56. The number of aryl methyl sites for hydroxylation is 2. The SMILES string of the molecule is CNCC1CCc2nc(-c3ccncn3)nc(C)c2C1. The lowest BCUT2D eigenvalue weighted by molar-refractivity contribution is 0.433. The van der Waals surface area contributed by atoms with E-state index in [-0.39, 0.29) is 0 Å². The first-order valence-corrected chi connectivity index (χ1v) is 7.05. The minimum Gasteiger partial charge on any atom is -0.319 e. The maximum Gasteiger partial charge on any atom is 0.178 e. The molecule has 5 nitrogen and oxygen atoms in total. The zero-order chi connectivity index (χ0) is 13.9. The first kappa shape index (κ1) is 13.1. The van der Waals surface area contributed by atoms with Gasteiger partial charge < -0.3 is 5.32 Å². The van der Waals surface area contributed by atoms with Crippen molar-refractivity contribution in [2.75, 3.05) is 13.6 Å². The van der Waals surface area contributed by atoms with E-state index in [0.717, 1.165) is 36.6 Å². The lowest BCUT2D eigenvalue weighted by Gasteiger charge is -2.25. The molecule has 3 rings (SSSR count). The molecule has 0 radical (unpaired) electrons. The number of hydrogen-bond acceptors (Lipinski definition) is 5. The van der Waals surface area contributed by atoms with E-state index in [9.17, 15) is 0 Å². The third-order valence-electron chi connectivity index (χ3n) is 3.89. The fourth-order valence-corrected chi connectivity index (χ4v) is 2.86. The number of nitrogens with zero attached hydrogens (tertiary/aromatic N) is 4. The van der Waals surface area contributed by atoms with E-state index in [1.54, 1.807) is 6.20 Å². The molecule has 0 saturated heterocycles. The molecule has 5 heteroatoms. The highest BCUT2D eigenvalue weighted by molar-refractivity contribution is 5.49. The summed E-state index contributed by atoms with van der Waals surface area (Å²) < 4.78 is 0. The minimum atomic E-state index is 0.694. The molecule has 1 aliphatic carbocycles. The zero-order valence-corrected chi connectivity index (χ0v) is 11.9. The van der Waals surface area contributed by atoms with Gasteiger partial charge in [0.2, 0.25) is 0 Å².